The Kier molecular flexibility index (Phi) is 5.72. The number of aryl methyl sites for hydroxylation is 1. The van der Waals surface area contributed by atoms with Crippen molar-refractivity contribution in [1.29, 1.82) is 0 Å². The quantitative estimate of drug-likeness (QED) is 0.762. The van der Waals surface area contributed by atoms with Gasteiger partial charge in [-0.25, -0.2) is 8.42 Å². The summed E-state index contributed by atoms with van der Waals surface area (Å²) >= 11 is 0. The molecule has 0 unspecified atom stereocenters. The molecule has 1 saturated heterocycles. The first-order valence-corrected chi connectivity index (χ1v) is 11.2. The molecule has 0 aromatic heterocycles. The molecule has 1 heterocycles. The minimum absolute atomic E-state index is 0.0330. The van der Waals surface area contributed by atoms with E-state index in [1.807, 2.05) is 11.8 Å². The maximum Gasteiger partial charge on any atom is 0.254 e. The number of benzene rings is 1. The number of nitrogens with zero attached hydrogens (tertiary/aromatic N) is 2. The second kappa shape index (κ2) is 7.69. The topological polar surface area (TPSA) is 57.7 Å². The lowest BCUT2D eigenvalue weighted by molar-refractivity contribution is 0.0721. The highest BCUT2D eigenvalue weighted by Crippen LogP contribution is 2.30. The van der Waals surface area contributed by atoms with Gasteiger partial charge in [-0.05, 0) is 56.2 Å². The minimum Gasteiger partial charge on any atom is -0.335 e. The lowest BCUT2D eigenvalue weighted by Gasteiger charge is -2.27. The van der Waals surface area contributed by atoms with Crippen molar-refractivity contribution in [1.82, 2.24) is 9.21 Å². The molecule has 1 aliphatic carbocycles. The first-order valence-electron chi connectivity index (χ1n) is 9.72. The van der Waals surface area contributed by atoms with Gasteiger partial charge in [0.05, 0.1) is 4.90 Å². The largest absolute Gasteiger partial charge is 0.335 e. The van der Waals surface area contributed by atoms with E-state index in [1.54, 1.807) is 22.5 Å². The fraction of sp³-hybridized carbons (Fsp3) is 0.650. The van der Waals surface area contributed by atoms with Crippen molar-refractivity contribution >= 4 is 15.9 Å². The van der Waals surface area contributed by atoms with Crippen molar-refractivity contribution in [3.05, 3.63) is 29.3 Å². The molecular formula is C20H30N2O3S. The number of piperidine rings is 1. The molecule has 1 aliphatic heterocycles. The minimum atomic E-state index is -3.53. The second-order valence-electron chi connectivity index (χ2n) is 8.02. The third kappa shape index (κ3) is 4.12. The fourth-order valence-electron chi connectivity index (χ4n) is 3.58. The lowest BCUT2D eigenvalue weighted by Crippen LogP contribution is -2.37. The Balaban J connectivity index is 1.90. The fourth-order valence-corrected chi connectivity index (χ4v) is 5.12. The van der Waals surface area contributed by atoms with Crippen LogP contribution in [0.15, 0.2) is 23.1 Å². The molecule has 0 atom stereocenters. The SMILES string of the molecule is Cc1ccc(S(=O)(=O)N2CCCCC2)cc1C(=O)N(CC(C)C)C1CC1. The lowest BCUT2D eigenvalue weighted by atomic mass is 10.1. The maximum atomic E-state index is 13.2. The molecule has 2 fully saturated rings. The van der Waals surface area contributed by atoms with Gasteiger partial charge in [-0.2, -0.15) is 4.31 Å². The van der Waals surface area contributed by atoms with E-state index in [-0.39, 0.29) is 10.8 Å². The van der Waals surface area contributed by atoms with Crippen LogP contribution in [0.1, 0.15) is 61.9 Å². The van der Waals surface area contributed by atoms with E-state index in [2.05, 4.69) is 13.8 Å². The summed E-state index contributed by atoms with van der Waals surface area (Å²) in [6.07, 6.45) is 4.98. The zero-order valence-corrected chi connectivity index (χ0v) is 16.9. The standard InChI is InChI=1S/C20H30N2O3S/c1-15(2)14-22(17-8-9-17)20(23)19-13-18(10-7-16(19)3)26(24,25)21-11-5-4-6-12-21/h7,10,13,15,17H,4-6,8-9,11-12,14H2,1-3H3. The summed E-state index contributed by atoms with van der Waals surface area (Å²) in [5.74, 6) is 0.356. The smallest absolute Gasteiger partial charge is 0.254 e. The van der Waals surface area contributed by atoms with Crippen LogP contribution in [0.25, 0.3) is 0 Å². The summed E-state index contributed by atoms with van der Waals surface area (Å²) in [5, 5.41) is 0. The van der Waals surface area contributed by atoms with Crippen LogP contribution in [0.3, 0.4) is 0 Å². The highest BCUT2D eigenvalue weighted by Gasteiger charge is 2.34. The molecule has 144 valence electrons. The van der Waals surface area contributed by atoms with E-state index >= 15 is 0 Å². The van der Waals surface area contributed by atoms with Crippen LogP contribution in [-0.4, -0.2) is 49.2 Å². The third-order valence-corrected chi connectivity index (χ3v) is 7.10. The van der Waals surface area contributed by atoms with Gasteiger partial charge in [-0.15, -0.1) is 0 Å². The second-order valence-corrected chi connectivity index (χ2v) is 9.96. The van der Waals surface area contributed by atoms with Crippen LogP contribution in [-0.2, 0) is 10.0 Å². The van der Waals surface area contributed by atoms with Gasteiger partial charge in [-0.3, -0.25) is 4.79 Å². The number of rotatable bonds is 6. The molecular weight excluding hydrogens is 348 g/mol. The summed E-state index contributed by atoms with van der Waals surface area (Å²) in [7, 11) is -3.53. The van der Waals surface area contributed by atoms with Crippen molar-refractivity contribution in [2.45, 2.75) is 63.8 Å². The van der Waals surface area contributed by atoms with Gasteiger partial charge >= 0.3 is 0 Å². The van der Waals surface area contributed by atoms with Crippen LogP contribution in [0, 0.1) is 12.8 Å². The zero-order chi connectivity index (χ0) is 18.9. The molecule has 26 heavy (non-hydrogen) atoms. The highest BCUT2D eigenvalue weighted by molar-refractivity contribution is 7.89. The van der Waals surface area contributed by atoms with Crippen molar-refractivity contribution in [2.24, 2.45) is 5.92 Å². The van der Waals surface area contributed by atoms with Crippen molar-refractivity contribution < 1.29 is 13.2 Å². The Hall–Kier alpha value is -1.40. The summed E-state index contributed by atoms with van der Waals surface area (Å²) in [5.41, 5.74) is 1.36. The molecule has 0 bridgehead atoms. The van der Waals surface area contributed by atoms with Crippen LogP contribution in [0.5, 0.6) is 0 Å². The van der Waals surface area contributed by atoms with E-state index in [4.69, 9.17) is 0 Å². The molecule has 1 amide bonds. The van der Waals surface area contributed by atoms with E-state index in [0.717, 1.165) is 37.7 Å². The molecule has 3 rings (SSSR count). The van der Waals surface area contributed by atoms with E-state index in [0.29, 0.717) is 37.2 Å². The van der Waals surface area contributed by atoms with Gasteiger partial charge in [0, 0.05) is 31.2 Å². The van der Waals surface area contributed by atoms with Gasteiger partial charge in [0.25, 0.3) is 5.91 Å². The van der Waals surface area contributed by atoms with Gasteiger partial charge in [-0.1, -0.05) is 26.3 Å². The van der Waals surface area contributed by atoms with Crippen LogP contribution < -0.4 is 0 Å². The predicted octanol–water partition coefficient (Wildman–Crippen LogP) is 3.43. The van der Waals surface area contributed by atoms with Crippen LogP contribution >= 0.6 is 0 Å². The molecule has 0 spiro atoms. The summed E-state index contributed by atoms with van der Waals surface area (Å²) < 4.78 is 27.5. The first-order chi connectivity index (χ1) is 12.3. The first kappa shape index (κ1) is 19.4. The summed E-state index contributed by atoms with van der Waals surface area (Å²) in [4.78, 5) is 15.3. The average Bonchev–Trinajstić information content (AvgIpc) is 3.45. The number of amides is 1. The Morgan fingerprint density at radius 3 is 2.42 bits per heavy atom. The predicted molar refractivity (Wildman–Crippen MR) is 103 cm³/mol. The van der Waals surface area contributed by atoms with Gasteiger partial charge < -0.3 is 4.90 Å². The van der Waals surface area contributed by atoms with Crippen molar-refractivity contribution in [3.63, 3.8) is 0 Å². The van der Waals surface area contributed by atoms with Gasteiger partial charge in [0.2, 0.25) is 10.0 Å². The van der Waals surface area contributed by atoms with Crippen LogP contribution in [0.4, 0.5) is 0 Å². The van der Waals surface area contributed by atoms with Crippen LogP contribution in [0.2, 0.25) is 0 Å². The normalized spacial score (nSPS) is 18.9. The maximum absolute atomic E-state index is 13.2. The number of carbonyl (C=O) groups is 1. The molecule has 6 heteroatoms. The van der Waals surface area contributed by atoms with E-state index < -0.39 is 10.0 Å². The summed E-state index contributed by atoms with van der Waals surface area (Å²) in [6.45, 7) is 7.94. The van der Waals surface area contributed by atoms with Gasteiger partial charge in [0.1, 0.15) is 0 Å². The van der Waals surface area contributed by atoms with Crippen molar-refractivity contribution in [3.8, 4) is 0 Å². The average molecular weight is 379 g/mol. The molecule has 1 aromatic carbocycles. The zero-order valence-electron chi connectivity index (χ0n) is 16.1. The Labute approximate surface area is 157 Å². The number of sulfonamides is 1. The number of hydrogen-bond acceptors (Lipinski definition) is 3. The molecule has 1 aromatic rings. The molecule has 0 N–H and O–H groups in total. The molecule has 5 nitrogen and oxygen atoms in total. The van der Waals surface area contributed by atoms with Gasteiger partial charge in [0.15, 0.2) is 0 Å². The third-order valence-electron chi connectivity index (χ3n) is 5.20. The Bertz CT molecular complexity index is 763. The summed E-state index contributed by atoms with van der Waals surface area (Å²) in [6, 6.07) is 5.31. The van der Waals surface area contributed by atoms with E-state index in [1.165, 1.54) is 0 Å². The molecule has 2 aliphatic rings. The highest BCUT2D eigenvalue weighted by atomic mass is 32.2. The Morgan fingerprint density at radius 2 is 1.85 bits per heavy atom. The van der Waals surface area contributed by atoms with E-state index in [9.17, 15) is 13.2 Å². The Morgan fingerprint density at radius 1 is 1.19 bits per heavy atom. The monoisotopic (exact) mass is 378 g/mol. The molecule has 1 saturated carbocycles. The van der Waals surface area contributed by atoms with Crippen molar-refractivity contribution in [2.75, 3.05) is 19.6 Å². The number of hydrogen-bond donors (Lipinski definition) is 0. The molecule has 0 radical (unpaired) electrons. The number of carbonyl (C=O) groups excluding carboxylic acids is 1.